The van der Waals surface area contributed by atoms with E-state index in [0.717, 1.165) is 19.1 Å². The van der Waals surface area contributed by atoms with Crippen molar-refractivity contribution in [2.24, 2.45) is 5.92 Å². The van der Waals surface area contributed by atoms with Gasteiger partial charge in [-0.2, -0.15) is 0 Å². The molecule has 1 atom stereocenters. The normalized spacial score (nSPS) is 14.8. The van der Waals surface area contributed by atoms with Crippen LogP contribution in [0.25, 0.3) is 0 Å². The van der Waals surface area contributed by atoms with Crippen molar-refractivity contribution < 1.29 is 13.5 Å². The molecule has 0 radical (unpaired) electrons. The third-order valence-corrected chi connectivity index (χ3v) is 3.25. The van der Waals surface area contributed by atoms with E-state index in [1.807, 2.05) is 0 Å². The SMILES string of the molecule is CCC(CC)CC(O)CS(C)(=O)=O. The Kier molecular flexibility index (Phi) is 5.56. The van der Waals surface area contributed by atoms with Crippen molar-refractivity contribution in [1.29, 1.82) is 0 Å². The van der Waals surface area contributed by atoms with Crippen LogP contribution in [0.15, 0.2) is 0 Å². The van der Waals surface area contributed by atoms with Crippen LogP contribution >= 0.6 is 0 Å². The van der Waals surface area contributed by atoms with Gasteiger partial charge in [-0.1, -0.05) is 26.7 Å². The maximum Gasteiger partial charge on any atom is 0.149 e. The molecule has 0 heterocycles. The molecule has 0 aromatic carbocycles. The quantitative estimate of drug-likeness (QED) is 0.714. The van der Waals surface area contributed by atoms with Crippen LogP contribution in [0.3, 0.4) is 0 Å². The molecule has 1 unspecified atom stereocenters. The maximum absolute atomic E-state index is 10.8. The van der Waals surface area contributed by atoms with Gasteiger partial charge in [0.2, 0.25) is 0 Å². The molecule has 0 amide bonds. The number of aliphatic hydroxyl groups is 1. The number of hydrogen-bond acceptors (Lipinski definition) is 3. The lowest BCUT2D eigenvalue weighted by Gasteiger charge is -2.16. The summed E-state index contributed by atoms with van der Waals surface area (Å²) < 4.78 is 21.7. The van der Waals surface area contributed by atoms with Crippen molar-refractivity contribution in [3.05, 3.63) is 0 Å². The van der Waals surface area contributed by atoms with Crippen LogP contribution in [0.4, 0.5) is 0 Å². The van der Waals surface area contributed by atoms with Crippen LogP contribution < -0.4 is 0 Å². The molecular weight excluding hydrogens is 188 g/mol. The van der Waals surface area contributed by atoms with E-state index >= 15 is 0 Å². The molecule has 3 nitrogen and oxygen atoms in total. The molecule has 0 aromatic heterocycles. The summed E-state index contributed by atoms with van der Waals surface area (Å²) in [6, 6.07) is 0. The average Bonchev–Trinajstić information content (AvgIpc) is 1.96. The Bertz CT molecular complexity index is 217. The topological polar surface area (TPSA) is 54.4 Å². The van der Waals surface area contributed by atoms with E-state index in [4.69, 9.17) is 0 Å². The number of rotatable bonds is 6. The van der Waals surface area contributed by atoms with Gasteiger partial charge in [0.25, 0.3) is 0 Å². The second-order valence-corrected chi connectivity index (χ2v) is 5.85. The maximum atomic E-state index is 10.8. The predicted octanol–water partition coefficient (Wildman–Crippen LogP) is 1.22. The summed E-state index contributed by atoms with van der Waals surface area (Å²) in [5.41, 5.74) is 0. The van der Waals surface area contributed by atoms with Gasteiger partial charge in [-0.3, -0.25) is 0 Å². The largest absolute Gasteiger partial charge is 0.392 e. The van der Waals surface area contributed by atoms with E-state index in [9.17, 15) is 13.5 Å². The van der Waals surface area contributed by atoms with E-state index in [-0.39, 0.29) is 5.75 Å². The lowest BCUT2D eigenvalue weighted by atomic mass is 9.97. The van der Waals surface area contributed by atoms with Gasteiger partial charge >= 0.3 is 0 Å². The van der Waals surface area contributed by atoms with Crippen molar-refractivity contribution in [1.82, 2.24) is 0 Å². The van der Waals surface area contributed by atoms with Gasteiger partial charge in [-0.05, 0) is 12.3 Å². The number of sulfone groups is 1. The molecular formula is C9H20O3S. The average molecular weight is 208 g/mol. The van der Waals surface area contributed by atoms with Crippen LogP contribution in [-0.4, -0.2) is 31.6 Å². The van der Waals surface area contributed by atoms with Crippen LogP contribution in [0.1, 0.15) is 33.1 Å². The number of hydrogen-bond donors (Lipinski definition) is 1. The zero-order chi connectivity index (χ0) is 10.5. The Morgan fingerprint density at radius 1 is 1.23 bits per heavy atom. The second-order valence-electron chi connectivity index (χ2n) is 3.66. The highest BCUT2D eigenvalue weighted by molar-refractivity contribution is 7.90. The summed E-state index contributed by atoms with van der Waals surface area (Å²) >= 11 is 0. The van der Waals surface area contributed by atoms with Gasteiger partial charge in [0.05, 0.1) is 11.9 Å². The van der Waals surface area contributed by atoms with Crippen molar-refractivity contribution in [3.8, 4) is 0 Å². The summed E-state index contributed by atoms with van der Waals surface area (Å²) in [5, 5.41) is 9.44. The molecule has 0 aromatic rings. The van der Waals surface area contributed by atoms with Gasteiger partial charge in [-0.25, -0.2) is 8.42 Å². The summed E-state index contributed by atoms with van der Waals surface area (Å²) in [6.45, 7) is 4.11. The van der Waals surface area contributed by atoms with E-state index in [1.165, 1.54) is 0 Å². The van der Waals surface area contributed by atoms with Crippen molar-refractivity contribution >= 4 is 9.84 Å². The van der Waals surface area contributed by atoms with Crippen molar-refractivity contribution in [2.45, 2.75) is 39.2 Å². The minimum atomic E-state index is -3.04. The highest BCUT2D eigenvalue weighted by atomic mass is 32.2. The first-order chi connectivity index (χ1) is 5.89. The van der Waals surface area contributed by atoms with Gasteiger partial charge in [0, 0.05) is 6.26 Å². The second kappa shape index (κ2) is 5.60. The van der Waals surface area contributed by atoms with E-state index in [2.05, 4.69) is 13.8 Å². The van der Waals surface area contributed by atoms with Crippen LogP contribution in [0.2, 0.25) is 0 Å². The van der Waals surface area contributed by atoms with Gasteiger partial charge in [0.15, 0.2) is 0 Å². The number of aliphatic hydroxyl groups excluding tert-OH is 1. The summed E-state index contributed by atoms with van der Waals surface area (Å²) in [7, 11) is -3.04. The Labute approximate surface area is 81.1 Å². The van der Waals surface area contributed by atoms with Crippen LogP contribution in [0, 0.1) is 5.92 Å². The smallest absolute Gasteiger partial charge is 0.149 e. The summed E-state index contributed by atoms with van der Waals surface area (Å²) in [4.78, 5) is 0. The first-order valence-electron chi connectivity index (χ1n) is 4.74. The zero-order valence-corrected chi connectivity index (χ0v) is 9.47. The highest BCUT2D eigenvalue weighted by Crippen LogP contribution is 2.15. The highest BCUT2D eigenvalue weighted by Gasteiger charge is 2.15. The molecule has 4 heteroatoms. The van der Waals surface area contributed by atoms with Crippen molar-refractivity contribution in [2.75, 3.05) is 12.0 Å². The Morgan fingerprint density at radius 2 is 1.69 bits per heavy atom. The Morgan fingerprint density at radius 3 is 2.00 bits per heavy atom. The zero-order valence-electron chi connectivity index (χ0n) is 8.66. The Hall–Kier alpha value is -0.0900. The molecule has 13 heavy (non-hydrogen) atoms. The first kappa shape index (κ1) is 12.9. The molecule has 0 bridgehead atoms. The molecule has 0 spiro atoms. The molecule has 80 valence electrons. The van der Waals surface area contributed by atoms with Gasteiger partial charge in [-0.15, -0.1) is 0 Å². The molecule has 0 saturated carbocycles. The standard InChI is InChI=1S/C9H20O3S/c1-4-8(5-2)6-9(10)7-13(3,11)12/h8-10H,4-7H2,1-3H3. The summed E-state index contributed by atoms with van der Waals surface area (Å²) in [6.07, 6.45) is 3.05. The van der Waals surface area contributed by atoms with Crippen LogP contribution in [0.5, 0.6) is 0 Å². The third kappa shape index (κ3) is 7.02. The molecule has 1 N–H and O–H groups in total. The van der Waals surface area contributed by atoms with E-state index in [0.29, 0.717) is 12.3 Å². The van der Waals surface area contributed by atoms with Crippen molar-refractivity contribution in [3.63, 3.8) is 0 Å². The lowest BCUT2D eigenvalue weighted by Crippen LogP contribution is -2.22. The fourth-order valence-corrected chi connectivity index (χ4v) is 2.26. The fourth-order valence-electron chi connectivity index (χ4n) is 1.42. The van der Waals surface area contributed by atoms with Crippen LogP contribution in [-0.2, 0) is 9.84 Å². The predicted molar refractivity (Wildman–Crippen MR) is 54.4 cm³/mol. The molecule has 0 fully saturated rings. The Balaban J connectivity index is 3.93. The molecule has 0 aliphatic rings. The minimum absolute atomic E-state index is 0.108. The minimum Gasteiger partial charge on any atom is -0.392 e. The van der Waals surface area contributed by atoms with E-state index in [1.54, 1.807) is 0 Å². The monoisotopic (exact) mass is 208 g/mol. The van der Waals surface area contributed by atoms with Gasteiger partial charge < -0.3 is 5.11 Å². The first-order valence-corrected chi connectivity index (χ1v) is 6.80. The third-order valence-electron chi connectivity index (χ3n) is 2.26. The fraction of sp³-hybridized carbons (Fsp3) is 1.00. The van der Waals surface area contributed by atoms with E-state index < -0.39 is 15.9 Å². The molecule has 0 aliphatic heterocycles. The summed E-state index contributed by atoms with van der Waals surface area (Å²) in [5.74, 6) is 0.334. The van der Waals surface area contributed by atoms with Gasteiger partial charge in [0.1, 0.15) is 9.84 Å². The molecule has 0 aliphatic carbocycles. The lowest BCUT2D eigenvalue weighted by molar-refractivity contribution is 0.160. The molecule has 0 saturated heterocycles. The molecule has 0 rings (SSSR count).